The third-order valence-electron chi connectivity index (χ3n) is 2.01. The summed E-state index contributed by atoms with van der Waals surface area (Å²) >= 11 is 0. The molecular weight excluding hydrogens is 150 g/mol. The maximum absolute atomic E-state index is 10.9. The Morgan fingerprint density at radius 2 is 2.00 bits per heavy atom. The van der Waals surface area contributed by atoms with Crippen molar-refractivity contribution >= 4 is 5.91 Å². The lowest BCUT2D eigenvalue weighted by molar-refractivity contribution is -0.126. The van der Waals surface area contributed by atoms with Crippen LogP contribution in [-0.4, -0.2) is 5.91 Å². The van der Waals surface area contributed by atoms with Gasteiger partial charge in [0, 0.05) is 5.41 Å². The predicted molar refractivity (Wildman–Crippen MR) is 51.6 cm³/mol. The SMILES string of the molecule is CCC=CCCC(C)(C)C(N)=O. The van der Waals surface area contributed by atoms with Crippen molar-refractivity contribution in [3.63, 3.8) is 0 Å². The van der Waals surface area contributed by atoms with E-state index in [0.29, 0.717) is 0 Å². The molecule has 0 aliphatic carbocycles. The van der Waals surface area contributed by atoms with E-state index in [-0.39, 0.29) is 11.3 Å². The number of primary amides is 1. The van der Waals surface area contributed by atoms with Crippen LogP contribution in [-0.2, 0) is 4.79 Å². The van der Waals surface area contributed by atoms with Crippen LogP contribution in [0.5, 0.6) is 0 Å². The van der Waals surface area contributed by atoms with Crippen molar-refractivity contribution < 1.29 is 4.79 Å². The fourth-order valence-electron chi connectivity index (χ4n) is 0.852. The van der Waals surface area contributed by atoms with Crippen molar-refractivity contribution in [1.82, 2.24) is 0 Å². The molecule has 0 atom stereocenters. The number of rotatable bonds is 5. The Morgan fingerprint density at radius 1 is 1.42 bits per heavy atom. The van der Waals surface area contributed by atoms with Gasteiger partial charge in [-0.25, -0.2) is 0 Å². The van der Waals surface area contributed by atoms with E-state index in [1.165, 1.54) is 0 Å². The molecule has 0 spiro atoms. The number of nitrogens with two attached hydrogens (primary N) is 1. The molecule has 0 saturated carbocycles. The van der Waals surface area contributed by atoms with Gasteiger partial charge in [0.15, 0.2) is 0 Å². The van der Waals surface area contributed by atoms with Gasteiger partial charge in [-0.05, 0) is 19.3 Å². The molecule has 0 heterocycles. The summed E-state index contributed by atoms with van der Waals surface area (Å²) in [7, 11) is 0. The summed E-state index contributed by atoms with van der Waals surface area (Å²) < 4.78 is 0. The molecule has 2 N–H and O–H groups in total. The van der Waals surface area contributed by atoms with Crippen molar-refractivity contribution in [1.29, 1.82) is 0 Å². The van der Waals surface area contributed by atoms with Gasteiger partial charge in [0.25, 0.3) is 0 Å². The fraction of sp³-hybridized carbons (Fsp3) is 0.700. The first-order valence-electron chi connectivity index (χ1n) is 4.45. The quantitative estimate of drug-likeness (QED) is 0.630. The van der Waals surface area contributed by atoms with Crippen LogP contribution in [0.3, 0.4) is 0 Å². The van der Waals surface area contributed by atoms with Gasteiger partial charge in [0.1, 0.15) is 0 Å². The van der Waals surface area contributed by atoms with Gasteiger partial charge in [0.05, 0.1) is 0 Å². The third kappa shape index (κ3) is 4.16. The van der Waals surface area contributed by atoms with Gasteiger partial charge < -0.3 is 5.73 Å². The third-order valence-corrected chi connectivity index (χ3v) is 2.01. The molecule has 70 valence electrons. The Kier molecular flexibility index (Phi) is 4.64. The number of hydrogen-bond acceptors (Lipinski definition) is 1. The first kappa shape index (κ1) is 11.2. The zero-order chi connectivity index (χ0) is 9.61. The first-order valence-corrected chi connectivity index (χ1v) is 4.45. The second-order valence-electron chi connectivity index (χ2n) is 3.67. The van der Waals surface area contributed by atoms with Crippen molar-refractivity contribution in [2.45, 2.75) is 40.0 Å². The molecular formula is C10H19NO. The Labute approximate surface area is 74.8 Å². The Hall–Kier alpha value is -0.790. The van der Waals surface area contributed by atoms with E-state index in [1.807, 2.05) is 13.8 Å². The van der Waals surface area contributed by atoms with Crippen LogP contribution >= 0.6 is 0 Å². The smallest absolute Gasteiger partial charge is 0.223 e. The van der Waals surface area contributed by atoms with E-state index in [4.69, 9.17) is 5.73 Å². The van der Waals surface area contributed by atoms with E-state index < -0.39 is 0 Å². The second kappa shape index (κ2) is 4.96. The zero-order valence-electron chi connectivity index (χ0n) is 8.26. The first-order chi connectivity index (χ1) is 5.50. The molecule has 0 bridgehead atoms. The van der Waals surface area contributed by atoms with Gasteiger partial charge in [-0.15, -0.1) is 0 Å². The maximum atomic E-state index is 10.9. The summed E-state index contributed by atoms with van der Waals surface area (Å²) in [5.74, 6) is -0.215. The lowest BCUT2D eigenvalue weighted by atomic mass is 9.87. The molecule has 0 saturated heterocycles. The summed E-state index contributed by atoms with van der Waals surface area (Å²) in [5, 5.41) is 0. The number of hydrogen-bond donors (Lipinski definition) is 1. The number of carbonyl (C=O) groups is 1. The second-order valence-corrected chi connectivity index (χ2v) is 3.67. The summed E-state index contributed by atoms with van der Waals surface area (Å²) in [6, 6.07) is 0. The molecule has 2 nitrogen and oxygen atoms in total. The minimum Gasteiger partial charge on any atom is -0.369 e. The summed E-state index contributed by atoms with van der Waals surface area (Å²) in [6.07, 6.45) is 7.03. The highest BCUT2D eigenvalue weighted by Crippen LogP contribution is 2.21. The molecule has 0 fully saturated rings. The average Bonchev–Trinajstić information content (AvgIpc) is 1.98. The van der Waals surface area contributed by atoms with Gasteiger partial charge in [-0.1, -0.05) is 32.9 Å². The Morgan fingerprint density at radius 3 is 2.42 bits per heavy atom. The summed E-state index contributed by atoms with van der Waals surface area (Å²) in [6.45, 7) is 5.86. The summed E-state index contributed by atoms with van der Waals surface area (Å²) in [5.41, 5.74) is 4.86. The number of amides is 1. The highest BCUT2D eigenvalue weighted by Gasteiger charge is 2.23. The van der Waals surface area contributed by atoms with Crippen molar-refractivity contribution in [3.05, 3.63) is 12.2 Å². The number of carbonyl (C=O) groups excluding carboxylic acids is 1. The summed E-state index contributed by atoms with van der Waals surface area (Å²) in [4.78, 5) is 10.9. The molecule has 0 aromatic rings. The molecule has 0 rings (SSSR count). The lowest BCUT2D eigenvalue weighted by Gasteiger charge is -2.18. The van der Waals surface area contributed by atoms with Crippen LogP contribution in [0, 0.1) is 5.41 Å². The fourth-order valence-corrected chi connectivity index (χ4v) is 0.852. The predicted octanol–water partition coefficient (Wildman–Crippen LogP) is 2.24. The van der Waals surface area contributed by atoms with Crippen molar-refractivity contribution in [2.24, 2.45) is 11.1 Å². The van der Waals surface area contributed by atoms with Crippen LogP contribution in [0.25, 0.3) is 0 Å². The van der Waals surface area contributed by atoms with Crippen LogP contribution in [0.4, 0.5) is 0 Å². The van der Waals surface area contributed by atoms with Crippen LogP contribution in [0.2, 0.25) is 0 Å². The van der Waals surface area contributed by atoms with Gasteiger partial charge in [-0.2, -0.15) is 0 Å². The molecule has 0 unspecified atom stereocenters. The molecule has 0 aliphatic heterocycles. The van der Waals surface area contributed by atoms with Crippen LogP contribution < -0.4 is 5.73 Å². The monoisotopic (exact) mass is 169 g/mol. The highest BCUT2D eigenvalue weighted by molar-refractivity contribution is 5.79. The van der Waals surface area contributed by atoms with E-state index in [9.17, 15) is 4.79 Å². The topological polar surface area (TPSA) is 43.1 Å². The molecule has 0 aromatic heterocycles. The average molecular weight is 169 g/mol. The van der Waals surface area contributed by atoms with E-state index >= 15 is 0 Å². The Balaban J connectivity index is 3.76. The lowest BCUT2D eigenvalue weighted by Crippen LogP contribution is -2.31. The minimum atomic E-state index is -0.363. The maximum Gasteiger partial charge on any atom is 0.223 e. The molecule has 1 amide bonds. The van der Waals surface area contributed by atoms with Gasteiger partial charge in [0.2, 0.25) is 5.91 Å². The van der Waals surface area contributed by atoms with Crippen molar-refractivity contribution in [3.8, 4) is 0 Å². The largest absolute Gasteiger partial charge is 0.369 e. The normalized spacial score (nSPS) is 12.2. The van der Waals surface area contributed by atoms with Crippen molar-refractivity contribution in [2.75, 3.05) is 0 Å². The van der Waals surface area contributed by atoms with E-state index in [0.717, 1.165) is 19.3 Å². The molecule has 2 heteroatoms. The van der Waals surface area contributed by atoms with E-state index in [1.54, 1.807) is 0 Å². The molecule has 0 aromatic carbocycles. The van der Waals surface area contributed by atoms with Gasteiger partial charge in [-0.3, -0.25) is 4.79 Å². The molecule has 0 aliphatic rings. The standard InChI is InChI=1S/C10H19NO/c1-4-5-6-7-8-10(2,3)9(11)12/h5-6H,4,7-8H2,1-3H3,(H2,11,12). The molecule has 12 heavy (non-hydrogen) atoms. The van der Waals surface area contributed by atoms with E-state index in [2.05, 4.69) is 19.1 Å². The van der Waals surface area contributed by atoms with Crippen LogP contribution in [0.15, 0.2) is 12.2 Å². The van der Waals surface area contributed by atoms with Crippen LogP contribution in [0.1, 0.15) is 40.0 Å². The zero-order valence-corrected chi connectivity index (χ0v) is 8.26. The minimum absolute atomic E-state index is 0.215. The highest BCUT2D eigenvalue weighted by atomic mass is 16.1. The Bertz CT molecular complexity index is 171. The number of allylic oxidation sites excluding steroid dienone is 2. The molecule has 0 radical (unpaired) electrons. The van der Waals surface area contributed by atoms with Gasteiger partial charge >= 0.3 is 0 Å².